The van der Waals surface area contributed by atoms with Crippen LogP contribution in [0.4, 0.5) is 9.52 Å². The Hall–Kier alpha value is -1.18. The third-order valence-corrected chi connectivity index (χ3v) is 4.51. The number of amides is 1. The number of alkyl halides is 1. The van der Waals surface area contributed by atoms with Gasteiger partial charge in [0.1, 0.15) is 11.2 Å². The Morgan fingerprint density at radius 3 is 2.80 bits per heavy atom. The molecule has 0 aliphatic rings. The number of halogens is 2. The van der Waals surface area contributed by atoms with Crippen molar-refractivity contribution in [1.29, 1.82) is 0 Å². The number of carbonyl (C=O) groups excluding carboxylic acids is 1. The summed E-state index contributed by atoms with van der Waals surface area (Å²) in [6, 6.07) is 6.29. The van der Waals surface area contributed by atoms with Crippen molar-refractivity contribution >= 4 is 45.7 Å². The summed E-state index contributed by atoms with van der Waals surface area (Å²) in [5.74, 6) is 0.0992. The molecule has 0 bridgehead atoms. The van der Waals surface area contributed by atoms with Crippen LogP contribution >= 0.6 is 34.7 Å². The van der Waals surface area contributed by atoms with Gasteiger partial charge in [0.25, 0.3) is 0 Å². The molecule has 0 saturated heterocycles. The monoisotopic (exact) mass is 331 g/mol. The van der Waals surface area contributed by atoms with E-state index < -0.39 is 5.38 Å². The number of anilines is 1. The normalized spacial score (nSPS) is 12.2. The highest BCUT2D eigenvalue weighted by atomic mass is 35.5. The Balaban J connectivity index is 1.89. The molecule has 1 amide bonds. The number of nitrogens with one attached hydrogen (secondary N) is 1. The SMILES string of the molecule is C[C@H](Cl)C(=O)Nc1nnc(SCc2ccc(F)cc2)s1. The second-order valence-corrected chi connectivity index (χ2v) is 6.75. The van der Waals surface area contributed by atoms with E-state index in [9.17, 15) is 9.18 Å². The van der Waals surface area contributed by atoms with Crippen molar-refractivity contribution in [2.75, 3.05) is 5.32 Å². The van der Waals surface area contributed by atoms with E-state index in [1.165, 1.54) is 35.2 Å². The summed E-state index contributed by atoms with van der Waals surface area (Å²) in [6.45, 7) is 1.59. The van der Waals surface area contributed by atoms with E-state index in [0.717, 1.165) is 9.90 Å². The lowest BCUT2D eigenvalue weighted by atomic mass is 10.2. The Labute approximate surface area is 128 Å². The number of thioether (sulfide) groups is 1. The van der Waals surface area contributed by atoms with Gasteiger partial charge in [0, 0.05) is 5.75 Å². The first-order valence-electron chi connectivity index (χ1n) is 5.70. The van der Waals surface area contributed by atoms with Gasteiger partial charge in [0.15, 0.2) is 4.34 Å². The van der Waals surface area contributed by atoms with Gasteiger partial charge in [-0.2, -0.15) is 0 Å². The molecule has 4 nitrogen and oxygen atoms in total. The Morgan fingerprint density at radius 2 is 2.15 bits per heavy atom. The predicted molar refractivity (Wildman–Crippen MR) is 79.8 cm³/mol. The van der Waals surface area contributed by atoms with E-state index in [0.29, 0.717) is 10.9 Å². The Bertz CT molecular complexity index is 589. The van der Waals surface area contributed by atoms with Crippen molar-refractivity contribution < 1.29 is 9.18 Å². The lowest BCUT2D eigenvalue weighted by molar-refractivity contribution is -0.115. The third kappa shape index (κ3) is 4.43. The molecule has 1 N–H and O–H groups in total. The van der Waals surface area contributed by atoms with Gasteiger partial charge >= 0.3 is 0 Å². The van der Waals surface area contributed by atoms with Gasteiger partial charge in [-0.15, -0.1) is 21.8 Å². The molecular weight excluding hydrogens is 321 g/mol. The van der Waals surface area contributed by atoms with E-state index in [4.69, 9.17) is 11.6 Å². The van der Waals surface area contributed by atoms with E-state index >= 15 is 0 Å². The molecule has 20 heavy (non-hydrogen) atoms. The van der Waals surface area contributed by atoms with Crippen LogP contribution < -0.4 is 5.32 Å². The molecule has 0 spiro atoms. The van der Waals surface area contributed by atoms with Gasteiger partial charge in [0.2, 0.25) is 11.0 Å². The maximum absolute atomic E-state index is 12.8. The summed E-state index contributed by atoms with van der Waals surface area (Å²) in [4.78, 5) is 11.4. The highest BCUT2D eigenvalue weighted by Crippen LogP contribution is 2.28. The lowest BCUT2D eigenvalue weighted by Gasteiger charge is -2.00. The Kier molecular flexibility index (Phi) is 5.33. The second-order valence-electron chi connectivity index (χ2n) is 3.89. The van der Waals surface area contributed by atoms with E-state index in [-0.39, 0.29) is 11.7 Å². The van der Waals surface area contributed by atoms with Crippen LogP contribution in [0.15, 0.2) is 28.6 Å². The minimum Gasteiger partial charge on any atom is -0.299 e. The zero-order chi connectivity index (χ0) is 14.5. The summed E-state index contributed by atoms with van der Waals surface area (Å²) in [5.41, 5.74) is 0.992. The van der Waals surface area contributed by atoms with Crippen LogP contribution in [0.2, 0.25) is 0 Å². The summed E-state index contributed by atoms with van der Waals surface area (Å²) in [5, 5.41) is 10.2. The lowest BCUT2D eigenvalue weighted by Crippen LogP contribution is -2.20. The zero-order valence-electron chi connectivity index (χ0n) is 10.5. The van der Waals surface area contributed by atoms with Gasteiger partial charge < -0.3 is 0 Å². The van der Waals surface area contributed by atoms with Crippen LogP contribution in [0.3, 0.4) is 0 Å². The van der Waals surface area contributed by atoms with Crippen LogP contribution in [0.5, 0.6) is 0 Å². The second kappa shape index (κ2) is 7.01. The van der Waals surface area contributed by atoms with Gasteiger partial charge in [0.05, 0.1) is 0 Å². The average molecular weight is 332 g/mol. The summed E-state index contributed by atoms with van der Waals surface area (Å²) < 4.78 is 13.5. The molecule has 8 heteroatoms. The first-order valence-corrected chi connectivity index (χ1v) is 7.94. The number of nitrogens with zero attached hydrogens (tertiary/aromatic N) is 2. The maximum atomic E-state index is 12.8. The molecule has 1 aromatic carbocycles. The molecular formula is C12H11ClFN3OS2. The molecule has 0 unspecified atom stereocenters. The van der Waals surface area contributed by atoms with Crippen molar-refractivity contribution in [3.63, 3.8) is 0 Å². The fraction of sp³-hybridized carbons (Fsp3) is 0.250. The molecule has 0 saturated carbocycles. The van der Waals surface area contributed by atoms with Gasteiger partial charge in [-0.3, -0.25) is 10.1 Å². The summed E-state index contributed by atoms with van der Waals surface area (Å²) in [7, 11) is 0. The first-order chi connectivity index (χ1) is 9.54. The number of hydrogen-bond donors (Lipinski definition) is 1. The van der Waals surface area contributed by atoms with E-state index in [2.05, 4.69) is 15.5 Å². The molecule has 2 rings (SSSR count). The molecule has 106 valence electrons. The summed E-state index contributed by atoms with van der Waals surface area (Å²) >= 11 is 8.40. The zero-order valence-corrected chi connectivity index (χ0v) is 12.9. The molecule has 0 radical (unpaired) electrons. The molecule has 0 aliphatic heterocycles. The number of benzene rings is 1. The molecule has 1 atom stereocenters. The Morgan fingerprint density at radius 1 is 1.45 bits per heavy atom. The maximum Gasteiger partial charge on any atom is 0.243 e. The summed E-state index contributed by atoms with van der Waals surface area (Å²) in [6.07, 6.45) is 0. The van der Waals surface area contributed by atoms with E-state index in [1.807, 2.05) is 0 Å². The fourth-order valence-corrected chi connectivity index (χ4v) is 3.01. The quantitative estimate of drug-likeness (QED) is 0.517. The highest BCUT2D eigenvalue weighted by molar-refractivity contribution is 8.00. The van der Waals surface area contributed by atoms with Crippen LogP contribution in [0, 0.1) is 5.82 Å². The third-order valence-electron chi connectivity index (χ3n) is 2.27. The highest BCUT2D eigenvalue weighted by Gasteiger charge is 2.12. The molecule has 2 aromatic rings. The molecule has 0 fully saturated rings. The number of aromatic nitrogens is 2. The van der Waals surface area contributed by atoms with Gasteiger partial charge in [-0.05, 0) is 24.6 Å². The van der Waals surface area contributed by atoms with Crippen LogP contribution in [0.25, 0.3) is 0 Å². The number of rotatable bonds is 5. The molecule has 1 aromatic heterocycles. The minimum atomic E-state index is -0.616. The first kappa shape index (κ1) is 15.2. The van der Waals surface area contributed by atoms with Crippen LogP contribution in [-0.2, 0) is 10.5 Å². The van der Waals surface area contributed by atoms with Crippen LogP contribution in [0.1, 0.15) is 12.5 Å². The topological polar surface area (TPSA) is 54.9 Å². The average Bonchev–Trinajstić information content (AvgIpc) is 2.85. The van der Waals surface area contributed by atoms with Crippen molar-refractivity contribution in [2.24, 2.45) is 0 Å². The van der Waals surface area contributed by atoms with Gasteiger partial charge in [-0.25, -0.2) is 4.39 Å². The standard InChI is InChI=1S/C12H11ClFN3OS2/c1-7(13)10(18)15-11-16-17-12(20-11)19-6-8-2-4-9(14)5-3-8/h2-5,7H,6H2,1H3,(H,15,16,18)/t7-/m0/s1. The van der Waals surface area contributed by atoms with Crippen molar-refractivity contribution in [3.05, 3.63) is 35.6 Å². The smallest absolute Gasteiger partial charge is 0.243 e. The fourth-order valence-electron chi connectivity index (χ4n) is 1.25. The van der Waals surface area contributed by atoms with Crippen molar-refractivity contribution in [3.8, 4) is 0 Å². The van der Waals surface area contributed by atoms with Gasteiger partial charge in [-0.1, -0.05) is 35.2 Å². The van der Waals surface area contributed by atoms with Crippen molar-refractivity contribution in [1.82, 2.24) is 10.2 Å². The van der Waals surface area contributed by atoms with Crippen molar-refractivity contribution in [2.45, 2.75) is 22.4 Å². The van der Waals surface area contributed by atoms with E-state index in [1.54, 1.807) is 19.1 Å². The number of hydrogen-bond acceptors (Lipinski definition) is 5. The molecule has 0 aliphatic carbocycles. The minimum absolute atomic E-state index is 0.255. The largest absolute Gasteiger partial charge is 0.299 e. The molecule has 1 heterocycles. The predicted octanol–water partition coefficient (Wildman–Crippen LogP) is 3.54. The van der Waals surface area contributed by atoms with Crippen LogP contribution in [-0.4, -0.2) is 21.5 Å². The number of carbonyl (C=O) groups is 1.